The number of halogens is 1. The van der Waals surface area contributed by atoms with Crippen molar-refractivity contribution < 1.29 is 9.53 Å². The third-order valence-corrected chi connectivity index (χ3v) is 8.37. The summed E-state index contributed by atoms with van der Waals surface area (Å²) >= 11 is 8.26. The number of methoxy groups -OCH3 is 1. The number of fused-ring (bicyclic) bond motifs is 2. The largest absolute Gasteiger partial charge is 0.497 e. The van der Waals surface area contributed by atoms with Gasteiger partial charge in [0.2, 0.25) is 5.91 Å². The lowest BCUT2D eigenvalue weighted by Gasteiger charge is -2.40. The van der Waals surface area contributed by atoms with Gasteiger partial charge < -0.3 is 9.64 Å². The van der Waals surface area contributed by atoms with Crippen molar-refractivity contribution in [1.82, 2.24) is 14.7 Å². The molecule has 3 aliphatic rings. The highest BCUT2D eigenvalue weighted by Crippen LogP contribution is 2.44. The van der Waals surface area contributed by atoms with Gasteiger partial charge >= 0.3 is 0 Å². The van der Waals surface area contributed by atoms with E-state index >= 15 is 0 Å². The summed E-state index contributed by atoms with van der Waals surface area (Å²) in [5, 5.41) is 0.798. The van der Waals surface area contributed by atoms with Crippen molar-refractivity contribution in [3.8, 4) is 5.75 Å². The summed E-state index contributed by atoms with van der Waals surface area (Å²) in [5.41, 5.74) is 2.69. The molecule has 1 unspecified atom stereocenters. The van der Waals surface area contributed by atoms with E-state index < -0.39 is 0 Å². The molecular formula is C25H30ClN3O2S. The lowest BCUT2D eigenvalue weighted by atomic mass is 9.96. The maximum atomic E-state index is 11.9. The molecule has 0 spiro atoms. The lowest BCUT2D eigenvalue weighted by Crippen LogP contribution is -2.49. The molecule has 3 aliphatic heterocycles. The molecule has 5 nitrogen and oxygen atoms in total. The maximum Gasteiger partial charge on any atom is 0.222 e. The number of hydrogen-bond acceptors (Lipinski definition) is 5. The number of piperazine rings is 1. The number of nitrogens with zero attached hydrogens (tertiary/aromatic N) is 3. The quantitative estimate of drug-likeness (QED) is 0.648. The first kappa shape index (κ1) is 22.1. The number of rotatable bonds is 5. The third kappa shape index (κ3) is 4.65. The Morgan fingerprint density at radius 3 is 2.62 bits per heavy atom. The van der Waals surface area contributed by atoms with Crippen molar-refractivity contribution in [3.05, 3.63) is 52.5 Å². The van der Waals surface area contributed by atoms with Gasteiger partial charge in [-0.05, 0) is 54.3 Å². The molecule has 0 aliphatic carbocycles. The fourth-order valence-electron chi connectivity index (χ4n) is 5.06. The van der Waals surface area contributed by atoms with Gasteiger partial charge in [0.15, 0.2) is 0 Å². The Hall–Kier alpha value is -1.73. The fraction of sp³-hybridized carbons (Fsp3) is 0.480. The minimum Gasteiger partial charge on any atom is -0.497 e. The molecule has 32 heavy (non-hydrogen) atoms. The minimum absolute atomic E-state index is 0.313. The smallest absolute Gasteiger partial charge is 0.222 e. The Labute approximate surface area is 199 Å². The molecule has 0 radical (unpaired) electrons. The van der Waals surface area contributed by atoms with Crippen LogP contribution in [0, 0.1) is 0 Å². The van der Waals surface area contributed by atoms with E-state index in [4.69, 9.17) is 16.3 Å². The standard InChI is InChI=1S/C25H30ClN3O2S/c1-31-20-6-4-18-15-22(21-16-19(26)5-7-23(21)32-24(18)17-20)28-12-9-27(10-13-28)11-14-29-8-2-3-25(29)30/h4-7,16-17,22H,2-3,8-15H2,1H3. The predicted molar refractivity (Wildman–Crippen MR) is 129 cm³/mol. The molecule has 2 fully saturated rings. The SMILES string of the molecule is COc1ccc2c(c1)Sc1ccc(Cl)cc1C(N1CCN(CCN3CCCC3=O)CC1)C2. The summed E-state index contributed by atoms with van der Waals surface area (Å²) in [4.78, 5) is 21.6. The van der Waals surface area contributed by atoms with Crippen molar-refractivity contribution in [1.29, 1.82) is 0 Å². The summed E-state index contributed by atoms with van der Waals surface area (Å²) in [5.74, 6) is 1.22. The summed E-state index contributed by atoms with van der Waals surface area (Å²) in [6.07, 6.45) is 2.71. The van der Waals surface area contributed by atoms with Gasteiger partial charge in [0.25, 0.3) is 0 Å². The van der Waals surface area contributed by atoms with E-state index in [-0.39, 0.29) is 0 Å². The molecule has 2 saturated heterocycles. The summed E-state index contributed by atoms with van der Waals surface area (Å²) < 4.78 is 5.47. The zero-order valence-corrected chi connectivity index (χ0v) is 20.1. The monoisotopic (exact) mass is 471 g/mol. The number of carbonyl (C=O) groups excluding carboxylic acids is 1. The maximum absolute atomic E-state index is 11.9. The summed E-state index contributed by atoms with van der Waals surface area (Å²) in [6, 6.07) is 13.1. The van der Waals surface area contributed by atoms with Crippen LogP contribution in [0.2, 0.25) is 5.02 Å². The van der Waals surface area contributed by atoms with E-state index in [0.29, 0.717) is 11.9 Å². The zero-order chi connectivity index (χ0) is 22.1. The first-order valence-corrected chi connectivity index (χ1v) is 12.7. The first-order valence-electron chi connectivity index (χ1n) is 11.5. The molecule has 0 aromatic heterocycles. The number of carbonyl (C=O) groups is 1. The minimum atomic E-state index is 0.313. The Balaban J connectivity index is 1.31. The van der Waals surface area contributed by atoms with Gasteiger partial charge in [-0.3, -0.25) is 14.6 Å². The molecule has 7 heteroatoms. The van der Waals surface area contributed by atoms with Crippen LogP contribution >= 0.6 is 23.4 Å². The summed E-state index contributed by atoms with van der Waals surface area (Å²) in [6.45, 7) is 6.91. The van der Waals surface area contributed by atoms with Crippen molar-refractivity contribution in [2.45, 2.75) is 35.1 Å². The van der Waals surface area contributed by atoms with Crippen LogP contribution in [0.5, 0.6) is 5.75 Å². The Kier molecular flexibility index (Phi) is 6.65. The first-order chi connectivity index (χ1) is 15.6. The van der Waals surface area contributed by atoms with Crippen molar-refractivity contribution in [2.24, 2.45) is 0 Å². The molecule has 0 saturated carbocycles. The van der Waals surface area contributed by atoms with E-state index in [1.54, 1.807) is 7.11 Å². The van der Waals surface area contributed by atoms with Crippen LogP contribution in [0.1, 0.15) is 30.0 Å². The Morgan fingerprint density at radius 2 is 1.88 bits per heavy atom. The molecule has 0 bridgehead atoms. The molecule has 1 amide bonds. The van der Waals surface area contributed by atoms with Gasteiger partial charge in [-0.25, -0.2) is 0 Å². The second-order valence-electron chi connectivity index (χ2n) is 8.84. The van der Waals surface area contributed by atoms with E-state index in [9.17, 15) is 4.79 Å². The number of likely N-dealkylation sites (tertiary alicyclic amines) is 1. The number of amides is 1. The molecule has 5 rings (SSSR count). The topological polar surface area (TPSA) is 36.0 Å². The van der Waals surface area contributed by atoms with Gasteiger partial charge in [-0.1, -0.05) is 29.4 Å². The second-order valence-corrected chi connectivity index (χ2v) is 10.4. The van der Waals surface area contributed by atoms with Crippen molar-refractivity contribution in [2.75, 3.05) is 52.9 Å². The molecule has 2 aromatic carbocycles. The highest BCUT2D eigenvalue weighted by atomic mass is 35.5. The van der Waals surface area contributed by atoms with Gasteiger partial charge in [-0.15, -0.1) is 0 Å². The molecule has 0 N–H and O–H groups in total. The highest BCUT2D eigenvalue weighted by molar-refractivity contribution is 7.99. The Morgan fingerprint density at radius 1 is 1.03 bits per heavy atom. The number of benzene rings is 2. The van der Waals surface area contributed by atoms with Gasteiger partial charge in [-0.2, -0.15) is 0 Å². The molecule has 2 aromatic rings. The van der Waals surface area contributed by atoms with Crippen LogP contribution in [-0.4, -0.2) is 73.5 Å². The van der Waals surface area contributed by atoms with Crippen molar-refractivity contribution >= 4 is 29.3 Å². The van der Waals surface area contributed by atoms with Crippen LogP contribution in [0.15, 0.2) is 46.2 Å². The molecule has 3 heterocycles. The van der Waals surface area contributed by atoms with Gasteiger partial charge in [0.05, 0.1) is 7.11 Å². The van der Waals surface area contributed by atoms with E-state index in [1.165, 1.54) is 20.9 Å². The predicted octanol–water partition coefficient (Wildman–Crippen LogP) is 4.34. The van der Waals surface area contributed by atoms with E-state index in [0.717, 1.165) is 75.8 Å². The normalized spacial score (nSPS) is 21.9. The average Bonchev–Trinajstić information content (AvgIpc) is 3.15. The zero-order valence-electron chi connectivity index (χ0n) is 18.6. The van der Waals surface area contributed by atoms with Gasteiger partial charge in [0.1, 0.15) is 5.75 Å². The lowest BCUT2D eigenvalue weighted by molar-refractivity contribution is -0.127. The van der Waals surface area contributed by atoms with E-state index in [2.05, 4.69) is 40.1 Å². The Bertz CT molecular complexity index is 993. The van der Waals surface area contributed by atoms with Crippen LogP contribution in [0.4, 0.5) is 0 Å². The van der Waals surface area contributed by atoms with Crippen molar-refractivity contribution in [3.63, 3.8) is 0 Å². The summed E-state index contributed by atoms with van der Waals surface area (Å²) in [7, 11) is 1.72. The molecule has 1 atom stereocenters. The van der Waals surface area contributed by atoms with Gasteiger partial charge in [0, 0.05) is 73.1 Å². The fourth-order valence-corrected chi connectivity index (χ4v) is 6.39. The van der Waals surface area contributed by atoms with Crippen LogP contribution < -0.4 is 4.74 Å². The third-order valence-electron chi connectivity index (χ3n) is 6.94. The second kappa shape index (κ2) is 9.64. The van der Waals surface area contributed by atoms with Crippen LogP contribution in [0.3, 0.4) is 0 Å². The molecular weight excluding hydrogens is 442 g/mol. The number of ether oxygens (including phenoxy) is 1. The van der Waals surface area contributed by atoms with Crippen LogP contribution in [0.25, 0.3) is 0 Å². The van der Waals surface area contributed by atoms with Crippen LogP contribution in [-0.2, 0) is 11.2 Å². The van der Waals surface area contributed by atoms with E-state index in [1.807, 2.05) is 22.7 Å². The average molecular weight is 472 g/mol. The highest BCUT2D eigenvalue weighted by Gasteiger charge is 2.31. The molecule has 170 valence electrons. The number of hydrogen-bond donors (Lipinski definition) is 0.